The Morgan fingerprint density at radius 2 is 1.50 bits per heavy atom. The van der Waals surface area contributed by atoms with Gasteiger partial charge in [0.05, 0.1) is 21.5 Å². The number of phenolic OH excluding ortho intramolecular Hbond substituents is 1. The minimum absolute atomic E-state index is 0. The third-order valence-electron chi connectivity index (χ3n) is 5.47. The first-order valence-corrected chi connectivity index (χ1v) is 14.2. The van der Waals surface area contributed by atoms with Crippen LogP contribution < -0.4 is 45.3 Å². The molecule has 0 aliphatic rings. The standard InChI is InChI=1S/C25H20N4O10S2.Na/c1-13(30)27-17-6-8-18(9-7-17)28-29-23-21(41(36,37)38)11-15-10-19(40(33,34)35)12-20(22(15)24(23)31)39-25(32)14-2-4-16(26)5-3-14;/h2-12,31H,26H2,1H3,(H,27,30)(H,33,34,35)(H,36,37,38);/q;+1. The Bertz CT molecular complexity index is 1950. The summed E-state index contributed by atoms with van der Waals surface area (Å²) < 4.78 is 73.0. The van der Waals surface area contributed by atoms with Gasteiger partial charge in [-0.05, 0) is 66.0 Å². The van der Waals surface area contributed by atoms with Crippen molar-refractivity contribution in [3.05, 3.63) is 72.3 Å². The molecule has 212 valence electrons. The molecule has 42 heavy (non-hydrogen) atoms. The summed E-state index contributed by atoms with van der Waals surface area (Å²) in [5, 5.41) is 20.5. The molecule has 0 unspecified atom stereocenters. The zero-order chi connectivity index (χ0) is 30.1. The van der Waals surface area contributed by atoms with E-state index < -0.39 is 53.2 Å². The first-order chi connectivity index (χ1) is 19.1. The molecule has 1 amide bonds. The third kappa shape index (κ3) is 7.48. The van der Waals surface area contributed by atoms with E-state index in [4.69, 9.17) is 10.5 Å². The van der Waals surface area contributed by atoms with Crippen molar-refractivity contribution in [1.82, 2.24) is 0 Å². The van der Waals surface area contributed by atoms with Crippen LogP contribution in [0, 0.1) is 0 Å². The van der Waals surface area contributed by atoms with Crippen molar-refractivity contribution in [2.75, 3.05) is 11.1 Å². The average molecular weight is 624 g/mol. The van der Waals surface area contributed by atoms with E-state index in [0.29, 0.717) is 11.4 Å². The molecule has 0 radical (unpaired) electrons. The topological polar surface area (TPSA) is 235 Å². The first kappa shape index (κ1) is 32.6. The number of nitrogens with one attached hydrogen (secondary N) is 1. The number of ether oxygens (including phenoxy) is 1. The van der Waals surface area contributed by atoms with Gasteiger partial charge in [0, 0.05) is 24.4 Å². The monoisotopic (exact) mass is 623 g/mol. The maximum absolute atomic E-state index is 12.8. The van der Waals surface area contributed by atoms with Crippen LogP contribution in [0.2, 0.25) is 0 Å². The predicted molar refractivity (Wildman–Crippen MR) is 146 cm³/mol. The minimum Gasteiger partial charge on any atom is -0.505 e. The molecule has 17 heteroatoms. The fourth-order valence-corrected chi connectivity index (χ4v) is 4.84. The van der Waals surface area contributed by atoms with Crippen LogP contribution in [0.25, 0.3) is 10.8 Å². The fourth-order valence-electron chi connectivity index (χ4n) is 3.65. The van der Waals surface area contributed by atoms with Gasteiger partial charge in [-0.3, -0.25) is 13.9 Å². The molecule has 6 N–H and O–H groups in total. The summed E-state index contributed by atoms with van der Waals surface area (Å²) in [5.41, 5.74) is 5.77. The van der Waals surface area contributed by atoms with E-state index in [2.05, 4.69) is 15.5 Å². The molecule has 14 nitrogen and oxygen atoms in total. The third-order valence-corrected chi connectivity index (χ3v) is 7.16. The maximum atomic E-state index is 12.8. The van der Waals surface area contributed by atoms with Crippen LogP contribution >= 0.6 is 0 Å². The molecule has 4 aromatic rings. The number of phenols is 1. The Morgan fingerprint density at radius 3 is 2.05 bits per heavy atom. The number of azo groups is 1. The van der Waals surface area contributed by atoms with E-state index >= 15 is 0 Å². The average Bonchev–Trinajstić information content (AvgIpc) is 2.87. The number of hydrogen-bond donors (Lipinski definition) is 5. The van der Waals surface area contributed by atoms with Crippen molar-refractivity contribution >= 4 is 65.6 Å². The van der Waals surface area contributed by atoms with Crippen molar-refractivity contribution in [1.29, 1.82) is 0 Å². The summed E-state index contributed by atoms with van der Waals surface area (Å²) in [7, 11) is -10.0. The number of hydrogen-bond acceptors (Lipinski definition) is 11. The second-order valence-corrected chi connectivity index (χ2v) is 11.3. The van der Waals surface area contributed by atoms with Crippen molar-refractivity contribution in [2.24, 2.45) is 10.2 Å². The van der Waals surface area contributed by atoms with Gasteiger partial charge in [0.15, 0.2) is 5.75 Å². The SMILES string of the molecule is CC(=O)Nc1ccc(N=Nc2c(S(=O)(=O)O)cc3cc(S(=O)(=O)O)cc(OC(=O)c4ccc(N)cc4)c3c2O)cc1.[Na+]. The molecule has 0 saturated heterocycles. The number of nitrogen functional groups attached to an aromatic ring is 1. The normalized spacial score (nSPS) is 11.7. The Kier molecular flexibility index (Phi) is 9.74. The molecule has 0 heterocycles. The molecule has 0 saturated carbocycles. The second-order valence-electron chi connectivity index (χ2n) is 8.48. The van der Waals surface area contributed by atoms with E-state index in [1.807, 2.05) is 0 Å². The largest absolute Gasteiger partial charge is 1.00 e. The van der Waals surface area contributed by atoms with Crippen LogP contribution in [-0.4, -0.2) is 42.9 Å². The number of nitrogens with two attached hydrogens (primary N) is 1. The summed E-state index contributed by atoms with van der Waals surface area (Å²) in [6.07, 6.45) is 0. The molecular weight excluding hydrogens is 603 g/mol. The Hall–Kier alpha value is -3.90. The molecule has 0 aliphatic carbocycles. The molecule has 4 rings (SSSR count). The molecule has 0 fully saturated rings. The molecule has 0 aliphatic heterocycles. The molecule has 0 spiro atoms. The number of fused-ring (bicyclic) bond motifs is 1. The number of benzene rings is 4. The smallest absolute Gasteiger partial charge is 0.505 e. The zero-order valence-electron chi connectivity index (χ0n) is 21.8. The first-order valence-electron chi connectivity index (χ1n) is 11.3. The quantitative estimate of drug-likeness (QED) is 0.0490. The van der Waals surface area contributed by atoms with Crippen LogP contribution in [-0.2, 0) is 25.0 Å². The number of carbonyl (C=O) groups excluding carboxylic acids is 2. The number of rotatable bonds is 7. The van der Waals surface area contributed by atoms with Gasteiger partial charge >= 0.3 is 35.5 Å². The number of esters is 1. The second kappa shape index (κ2) is 12.5. The van der Waals surface area contributed by atoms with E-state index in [1.54, 1.807) is 0 Å². The van der Waals surface area contributed by atoms with Gasteiger partial charge in [-0.1, -0.05) is 0 Å². The summed E-state index contributed by atoms with van der Waals surface area (Å²) in [6.45, 7) is 1.31. The van der Waals surface area contributed by atoms with Gasteiger partial charge in [0.1, 0.15) is 16.3 Å². The van der Waals surface area contributed by atoms with E-state index in [-0.39, 0.29) is 57.5 Å². The Morgan fingerprint density at radius 1 is 0.881 bits per heavy atom. The number of aromatic hydroxyl groups is 1. The fraction of sp³-hybridized carbons (Fsp3) is 0.0400. The zero-order valence-corrected chi connectivity index (χ0v) is 25.5. The van der Waals surface area contributed by atoms with Gasteiger partial charge in [-0.15, -0.1) is 5.11 Å². The van der Waals surface area contributed by atoms with Crippen molar-refractivity contribution in [3.63, 3.8) is 0 Å². The number of anilines is 2. The molecule has 4 aromatic carbocycles. The minimum atomic E-state index is -5.10. The molecule has 0 atom stereocenters. The van der Waals surface area contributed by atoms with E-state index in [9.17, 15) is 40.6 Å². The van der Waals surface area contributed by atoms with Crippen molar-refractivity contribution in [3.8, 4) is 11.5 Å². The van der Waals surface area contributed by atoms with Gasteiger partial charge in [0.2, 0.25) is 5.91 Å². The van der Waals surface area contributed by atoms with Crippen LogP contribution in [0.5, 0.6) is 11.5 Å². The predicted octanol–water partition coefficient (Wildman–Crippen LogP) is 1.22. The Labute approximate surface area is 261 Å². The van der Waals surface area contributed by atoms with Gasteiger partial charge < -0.3 is 20.9 Å². The van der Waals surface area contributed by atoms with E-state index in [0.717, 1.165) is 18.2 Å². The number of carbonyl (C=O) groups is 2. The van der Waals surface area contributed by atoms with Gasteiger partial charge in [-0.2, -0.15) is 21.9 Å². The summed E-state index contributed by atoms with van der Waals surface area (Å²) in [5.74, 6) is -2.87. The van der Waals surface area contributed by atoms with Crippen molar-refractivity contribution in [2.45, 2.75) is 16.7 Å². The Balaban J connectivity index is 0.00000484. The van der Waals surface area contributed by atoms with Crippen molar-refractivity contribution < 1.29 is 74.9 Å². The summed E-state index contributed by atoms with van der Waals surface area (Å²) in [6, 6.07) is 13.5. The molecule has 0 bridgehead atoms. The molecule has 0 aromatic heterocycles. The summed E-state index contributed by atoms with van der Waals surface area (Å²) in [4.78, 5) is 22.2. The van der Waals surface area contributed by atoms with Crippen LogP contribution in [0.15, 0.2) is 86.7 Å². The molecular formula is C25H20N4NaO10S2+. The maximum Gasteiger partial charge on any atom is 1.00 e. The van der Waals surface area contributed by atoms with Crippen LogP contribution in [0.4, 0.5) is 22.7 Å². The number of nitrogens with zero attached hydrogens (tertiary/aromatic N) is 2. The number of amides is 1. The van der Waals surface area contributed by atoms with Crippen LogP contribution in [0.1, 0.15) is 17.3 Å². The van der Waals surface area contributed by atoms with E-state index in [1.165, 1.54) is 55.5 Å². The van der Waals surface area contributed by atoms with Crippen LogP contribution in [0.3, 0.4) is 0 Å². The van der Waals surface area contributed by atoms with Gasteiger partial charge in [-0.25, -0.2) is 4.79 Å². The van der Waals surface area contributed by atoms with Gasteiger partial charge in [0.25, 0.3) is 20.2 Å². The summed E-state index contributed by atoms with van der Waals surface area (Å²) >= 11 is 0.